The molecule has 0 amide bonds. The van der Waals surface area contributed by atoms with E-state index in [1.165, 1.54) is 6.07 Å². The highest BCUT2D eigenvalue weighted by molar-refractivity contribution is 9.10. The molecule has 1 aromatic carbocycles. The number of nitrogens with zero attached hydrogens (tertiary/aromatic N) is 2. The van der Waals surface area contributed by atoms with E-state index in [-0.39, 0.29) is 11.7 Å². The molecule has 0 atom stereocenters. The van der Waals surface area contributed by atoms with Crippen LogP contribution in [0.1, 0.15) is 18.4 Å². The fourth-order valence-electron chi connectivity index (χ4n) is 1.56. The van der Waals surface area contributed by atoms with Crippen molar-refractivity contribution in [2.24, 2.45) is 0 Å². The third kappa shape index (κ3) is 4.43. The zero-order valence-electron chi connectivity index (χ0n) is 11.0. The molecule has 0 saturated heterocycles. The summed E-state index contributed by atoms with van der Waals surface area (Å²) in [5.41, 5.74) is -0.567. The summed E-state index contributed by atoms with van der Waals surface area (Å²) in [5.74, 6) is 0.352. The first-order valence-electron chi connectivity index (χ1n) is 6.06. The first-order chi connectivity index (χ1) is 9.88. The summed E-state index contributed by atoms with van der Waals surface area (Å²) in [6.45, 7) is 3.07. The van der Waals surface area contributed by atoms with Gasteiger partial charge in [0, 0.05) is 10.2 Å². The molecule has 2 aromatic rings. The monoisotopic (exact) mass is 364 g/mol. The van der Waals surface area contributed by atoms with Crippen LogP contribution >= 0.6 is 15.9 Å². The minimum Gasteiger partial charge on any atom is -0.406 e. The number of halogens is 4. The van der Waals surface area contributed by atoms with Gasteiger partial charge in [0.15, 0.2) is 0 Å². The van der Waals surface area contributed by atoms with Gasteiger partial charge in [-0.15, -0.1) is 5.10 Å². The fraction of sp³-hybridized carbons (Fsp3) is 0.333. The molecule has 114 valence electrons. The Bertz CT molecular complexity index is 615. The molecule has 0 unspecified atom stereocenters. The van der Waals surface area contributed by atoms with E-state index in [9.17, 15) is 13.2 Å². The molecule has 0 aliphatic heterocycles. The molecule has 0 fully saturated rings. The summed E-state index contributed by atoms with van der Waals surface area (Å²) in [6.07, 6.45) is -4.43. The molecule has 0 radical (unpaired) electrons. The molecule has 1 heterocycles. The minimum atomic E-state index is -4.43. The van der Waals surface area contributed by atoms with E-state index in [1.54, 1.807) is 0 Å². The maximum absolute atomic E-state index is 12.7. The molecule has 0 aliphatic carbocycles. The van der Waals surface area contributed by atoms with Gasteiger partial charge in [0.1, 0.15) is 0 Å². The lowest BCUT2D eigenvalue weighted by Crippen LogP contribution is -2.11. The fourth-order valence-corrected chi connectivity index (χ4v) is 2.05. The van der Waals surface area contributed by atoms with Crippen LogP contribution in [0.15, 0.2) is 27.1 Å². The van der Waals surface area contributed by atoms with Gasteiger partial charge in [-0.2, -0.15) is 13.2 Å². The molecule has 5 nitrogen and oxygen atoms in total. The predicted octanol–water partition coefficient (Wildman–Crippen LogP) is 3.70. The van der Waals surface area contributed by atoms with E-state index in [4.69, 9.17) is 4.42 Å². The van der Waals surface area contributed by atoms with E-state index in [1.807, 2.05) is 6.92 Å². The molecular weight excluding hydrogens is 353 g/mol. The highest BCUT2D eigenvalue weighted by atomic mass is 79.9. The van der Waals surface area contributed by atoms with Gasteiger partial charge in [-0.1, -0.05) is 28.0 Å². The molecule has 0 bridgehead atoms. The van der Waals surface area contributed by atoms with Gasteiger partial charge in [-0.25, -0.2) is 0 Å². The van der Waals surface area contributed by atoms with Crippen LogP contribution < -0.4 is 10.6 Å². The first-order valence-corrected chi connectivity index (χ1v) is 6.85. The largest absolute Gasteiger partial charge is 0.416 e. The predicted molar refractivity (Wildman–Crippen MR) is 74.1 cm³/mol. The van der Waals surface area contributed by atoms with E-state index in [2.05, 4.69) is 36.8 Å². The number of hydrogen-bond acceptors (Lipinski definition) is 5. The van der Waals surface area contributed by atoms with Gasteiger partial charge in [0.2, 0.25) is 5.89 Å². The van der Waals surface area contributed by atoms with Gasteiger partial charge in [0.05, 0.1) is 12.1 Å². The number of anilines is 2. The quantitative estimate of drug-likeness (QED) is 0.846. The van der Waals surface area contributed by atoms with Crippen LogP contribution in [0.2, 0.25) is 0 Å². The molecule has 0 saturated carbocycles. The number of rotatable bonds is 5. The van der Waals surface area contributed by atoms with Crippen LogP contribution in [-0.2, 0) is 12.7 Å². The van der Waals surface area contributed by atoms with Crippen molar-refractivity contribution in [3.63, 3.8) is 0 Å². The Morgan fingerprint density at radius 1 is 1.24 bits per heavy atom. The second-order valence-electron chi connectivity index (χ2n) is 4.13. The van der Waals surface area contributed by atoms with Crippen LogP contribution in [0.3, 0.4) is 0 Å². The Kier molecular flexibility index (Phi) is 4.84. The number of aromatic nitrogens is 2. The van der Waals surface area contributed by atoms with Gasteiger partial charge < -0.3 is 15.1 Å². The van der Waals surface area contributed by atoms with E-state index < -0.39 is 11.7 Å². The minimum absolute atomic E-state index is 0.0362. The van der Waals surface area contributed by atoms with Crippen molar-refractivity contribution < 1.29 is 17.6 Å². The third-order valence-electron chi connectivity index (χ3n) is 2.47. The van der Waals surface area contributed by atoms with Gasteiger partial charge in [-0.3, -0.25) is 0 Å². The van der Waals surface area contributed by atoms with Gasteiger partial charge in [0.25, 0.3) is 0 Å². The lowest BCUT2D eigenvalue weighted by molar-refractivity contribution is -0.137. The second-order valence-corrected chi connectivity index (χ2v) is 5.05. The zero-order valence-corrected chi connectivity index (χ0v) is 12.5. The van der Waals surface area contributed by atoms with Crippen LogP contribution in [0.4, 0.5) is 24.9 Å². The van der Waals surface area contributed by atoms with Crippen molar-refractivity contribution in [3.05, 3.63) is 34.1 Å². The standard InChI is InChI=1S/C12H12BrF3N4O/c1-2-17-6-10-19-20-11(21-10)18-9-4-7(12(14,15)16)3-8(13)5-9/h3-5,17H,2,6H2,1H3,(H,18,20). The summed E-state index contributed by atoms with van der Waals surface area (Å²) >= 11 is 3.04. The Morgan fingerprint density at radius 3 is 2.67 bits per heavy atom. The Labute approximate surface area is 127 Å². The Hall–Kier alpha value is -1.61. The van der Waals surface area contributed by atoms with Crippen molar-refractivity contribution in [1.29, 1.82) is 0 Å². The lowest BCUT2D eigenvalue weighted by atomic mass is 10.2. The SMILES string of the molecule is CCNCc1nnc(Nc2cc(Br)cc(C(F)(F)F)c2)o1. The second kappa shape index (κ2) is 6.44. The van der Waals surface area contributed by atoms with Crippen LogP contribution in [-0.4, -0.2) is 16.7 Å². The van der Waals surface area contributed by atoms with Crippen molar-refractivity contribution in [2.45, 2.75) is 19.6 Å². The Balaban J connectivity index is 2.15. The maximum Gasteiger partial charge on any atom is 0.416 e. The Morgan fingerprint density at radius 2 is 2.00 bits per heavy atom. The van der Waals surface area contributed by atoms with Gasteiger partial charge in [-0.05, 0) is 24.7 Å². The molecule has 9 heteroatoms. The number of nitrogens with one attached hydrogen (secondary N) is 2. The van der Waals surface area contributed by atoms with Crippen molar-refractivity contribution in [1.82, 2.24) is 15.5 Å². The summed E-state index contributed by atoms with van der Waals surface area (Å²) in [4.78, 5) is 0. The molecule has 0 spiro atoms. The molecule has 0 aliphatic rings. The third-order valence-corrected chi connectivity index (χ3v) is 2.93. The number of benzene rings is 1. The smallest absolute Gasteiger partial charge is 0.406 e. The van der Waals surface area contributed by atoms with E-state index >= 15 is 0 Å². The topological polar surface area (TPSA) is 63.0 Å². The zero-order chi connectivity index (χ0) is 15.5. The highest BCUT2D eigenvalue weighted by Crippen LogP contribution is 2.34. The van der Waals surface area contributed by atoms with E-state index in [0.717, 1.165) is 18.7 Å². The van der Waals surface area contributed by atoms with Crippen molar-refractivity contribution in [2.75, 3.05) is 11.9 Å². The van der Waals surface area contributed by atoms with Crippen molar-refractivity contribution >= 4 is 27.6 Å². The summed E-state index contributed by atoms with van der Waals surface area (Å²) in [7, 11) is 0. The average Bonchev–Trinajstić information content (AvgIpc) is 2.82. The molecule has 2 rings (SSSR count). The maximum atomic E-state index is 12.7. The van der Waals surface area contributed by atoms with Crippen molar-refractivity contribution in [3.8, 4) is 0 Å². The molecular formula is C12H12BrF3N4O. The molecule has 1 aromatic heterocycles. The van der Waals surface area contributed by atoms with Crippen LogP contribution in [0, 0.1) is 0 Å². The number of hydrogen-bond donors (Lipinski definition) is 2. The average molecular weight is 365 g/mol. The normalized spacial score (nSPS) is 11.7. The molecule has 2 N–H and O–H groups in total. The summed E-state index contributed by atoms with van der Waals surface area (Å²) < 4.78 is 43.7. The number of alkyl halides is 3. The van der Waals surface area contributed by atoms with Crippen LogP contribution in [0.25, 0.3) is 0 Å². The highest BCUT2D eigenvalue weighted by Gasteiger charge is 2.31. The van der Waals surface area contributed by atoms with Gasteiger partial charge >= 0.3 is 12.2 Å². The summed E-state index contributed by atoms with van der Waals surface area (Å²) in [6, 6.07) is 3.49. The summed E-state index contributed by atoms with van der Waals surface area (Å²) in [5, 5.41) is 13.1. The lowest BCUT2D eigenvalue weighted by Gasteiger charge is -2.09. The first kappa shape index (κ1) is 15.8. The molecule has 21 heavy (non-hydrogen) atoms. The van der Waals surface area contributed by atoms with Crippen LogP contribution in [0.5, 0.6) is 0 Å². The van der Waals surface area contributed by atoms with E-state index in [0.29, 0.717) is 16.9 Å².